The first-order valence-corrected chi connectivity index (χ1v) is 10.3. The van der Waals surface area contributed by atoms with E-state index >= 15 is 0 Å². The number of aromatic nitrogens is 1. The van der Waals surface area contributed by atoms with E-state index in [0.717, 1.165) is 35.7 Å². The molecule has 5 nitrogen and oxygen atoms in total. The molecule has 6 heteroatoms. The summed E-state index contributed by atoms with van der Waals surface area (Å²) in [7, 11) is 1.83. The first-order chi connectivity index (χ1) is 11.9. The van der Waals surface area contributed by atoms with Crippen LogP contribution in [0, 0.1) is 25.7 Å². The van der Waals surface area contributed by atoms with Gasteiger partial charge in [-0.05, 0) is 51.6 Å². The monoisotopic (exact) mass is 365 g/mol. The molecule has 1 atom stereocenters. The molecule has 1 saturated heterocycles. The molecule has 1 aromatic heterocycles. The van der Waals surface area contributed by atoms with Gasteiger partial charge in [-0.15, -0.1) is 11.3 Å². The summed E-state index contributed by atoms with van der Waals surface area (Å²) >= 11 is 1.75. The number of aliphatic imine (C=N–C) groups is 1. The van der Waals surface area contributed by atoms with Gasteiger partial charge in [0.1, 0.15) is 5.01 Å². The maximum Gasteiger partial charge on any atom is 0.191 e. The van der Waals surface area contributed by atoms with Crippen molar-refractivity contribution in [3.05, 3.63) is 15.6 Å². The van der Waals surface area contributed by atoms with Crippen molar-refractivity contribution in [1.82, 2.24) is 20.5 Å². The summed E-state index contributed by atoms with van der Waals surface area (Å²) in [6, 6.07) is 0.551. The fraction of sp³-hybridized carbons (Fsp3) is 0.789. The predicted octanol–water partition coefficient (Wildman–Crippen LogP) is 3.18. The Morgan fingerprint density at radius 3 is 2.48 bits per heavy atom. The molecule has 25 heavy (non-hydrogen) atoms. The number of aryl methyl sites for hydroxylation is 2. The van der Waals surface area contributed by atoms with E-state index in [1.54, 1.807) is 11.3 Å². The van der Waals surface area contributed by atoms with Gasteiger partial charge in [0.2, 0.25) is 0 Å². The van der Waals surface area contributed by atoms with Crippen molar-refractivity contribution in [2.24, 2.45) is 16.8 Å². The van der Waals surface area contributed by atoms with Crippen molar-refractivity contribution in [2.75, 3.05) is 26.7 Å². The standard InChI is InChI=1S/C19H35N5S/c1-13(2)17(24-9-7-14(3)8-10-24)11-21-19(20-6)22-12-18-23-15(4)16(5)25-18/h13-14,17H,7-12H2,1-6H3,(H2,20,21,22). The second-order valence-corrected chi connectivity index (χ2v) is 8.87. The molecule has 0 saturated carbocycles. The van der Waals surface area contributed by atoms with Crippen LogP contribution in [0.2, 0.25) is 0 Å². The second kappa shape index (κ2) is 9.53. The Hall–Kier alpha value is -1.14. The lowest BCUT2D eigenvalue weighted by Crippen LogP contribution is -2.51. The van der Waals surface area contributed by atoms with Crippen molar-refractivity contribution < 1.29 is 0 Å². The topological polar surface area (TPSA) is 52.6 Å². The van der Waals surface area contributed by atoms with E-state index in [2.05, 4.69) is 60.1 Å². The molecule has 2 rings (SSSR count). The smallest absolute Gasteiger partial charge is 0.191 e. The van der Waals surface area contributed by atoms with Crippen molar-refractivity contribution in [1.29, 1.82) is 0 Å². The third-order valence-corrected chi connectivity index (χ3v) is 6.31. The van der Waals surface area contributed by atoms with Crippen LogP contribution < -0.4 is 10.6 Å². The van der Waals surface area contributed by atoms with E-state index in [1.165, 1.54) is 30.8 Å². The molecule has 142 valence electrons. The molecule has 0 aliphatic carbocycles. The lowest BCUT2D eigenvalue weighted by atomic mass is 9.94. The van der Waals surface area contributed by atoms with Gasteiger partial charge in [-0.25, -0.2) is 4.98 Å². The van der Waals surface area contributed by atoms with Crippen LogP contribution in [-0.2, 0) is 6.54 Å². The third-order valence-electron chi connectivity index (χ3n) is 5.24. The highest BCUT2D eigenvalue weighted by Gasteiger charge is 2.25. The van der Waals surface area contributed by atoms with Gasteiger partial charge in [0.15, 0.2) is 5.96 Å². The third kappa shape index (κ3) is 5.96. The molecule has 0 amide bonds. The van der Waals surface area contributed by atoms with Crippen LogP contribution in [-0.4, -0.2) is 48.6 Å². The van der Waals surface area contributed by atoms with Gasteiger partial charge >= 0.3 is 0 Å². The molecule has 1 unspecified atom stereocenters. The Bertz CT molecular complexity index is 539. The fourth-order valence-electron chi connectivity index (χ4n) is 3.34. The first-order valence-electron chi connectivity index (χ1n) is 9.52. The molecular weight excluding hydrogens is 330 g/mol. The van der Waals surface area contributed by atoms with Crippen LogP contribution in [0.25, 0.3) is 0 Å². The van der Waals surface area contributed by atoms with Crippen molar-refractivity contribution in [3.63, 3.8) is 0 Å². The van der Waals surface area contributed by atoms with E-state index in [1.807, 2.05) is 7.05 Å². The zero-order valence-electron chi connectivity index (χ0n) is 16.7. The minimum absolute atomic E-state index is 0.551. The Morgan fingerprint density at radius 2 is 1.96 bits per heavy atom. The number of guanidine groups is 1. The molecule has 2 heterocycles. The zero-order chi connectivity index (χ0) is 18.4. The predicted molar refractivity (Wildman–Crippen MR) is 108 cm³/mol. The van der Waals surface area contributed by atoms with Crippen molar-refractivity contribution in [3.8, 4) is 0 Å². The molecule has 1 aromatic rings. The molecule has 2 N–H and O–H groups in total. The maximum absolute atomic E-state index is 4.59. The van der Waals surface area contributed by atoms with Gasteiger partial charge in [-0.1, -0.05) is 20.8 Å². The summed E-state index contributed by atoms with van der Waals surface area (Å²) in [5.74, 6) is 2.36. The van der Waals surface area contributed by atoms with Gasteiger partial charge in [-0.3, -0.25) is 9.89 Å². The van der Waals surface area contributed by atoms with Crippen LogP contribution in [0.4, 0.5) is 0 Å². The Kier molecular flexibility index (Phi) is 7.69. The lowest BCUT2D eigenvalue weighted by molar-refractivity contribution is 0.110. The molecule has 1 aliphatic heterocycles. The van der Waals surface area contributed by atoms with E-state index in [-0.39, 0.29) is 0 Å². The molecule has 1 aliphatic rings. The minimum Gasteiger partial charge on any atom is -0.355 e. The average molecular weight is 366 g/mol. The SMILES string of the molecule is CN=C(NCc1nc(C)c(C)s1)NCC(C(C)C)N1CCC(C)CC1. The van der Waals surface area contributed by atoms with E-state index in [4.69, 9.17) is 0 Å². The zero-order valence-corrected chi connectivity index (χ0v) is 17.5. The van der Waals surface area contributed by atoms with Gasteiger partial charge in [0, 0.05) is 24.5 Å². The molecule has 1 fully saturated rings. The summed E-state index contributed by atoms with van der Waals surface area (Å²) < 4.78 is 0. The number of rotatable bonds is 6. The Labute approximate surface area is 157 Å². The molecule has 0 bridgehead atoms. The summed E-state index contributed by atoms with van der Waals surface area (Å²) in [6.07, 6.45) is 2.64. The van der Waals surface area contributed by atoms with Crippen LogP contribution in [0.3, 0.4) is 0 Å². The quantitative estimate of drug-likeness (QED) is 0.600. The first kappa shape index (κ1) is 20.2. The van der Waals surface area contributed by atoms with Crippen molar-refractivity contribution >= 4 is 17.3 Å². The number of hydrogen-bond acceptors (Lipinski definition) is 4. The van der Waals surface area contributed by atoms with E-state index in [0.29, 0.717) is 12.0 Å². The maximum atomic E-state index is 4.59. The number of piperidine rings is 1. The van der Waals surface area contributed by atoms with Crippen LogP contribution >= 0.6 is 11.3 Å². The second-order valence-electron chi connectivity index (χ2n) is 7.59. The normalized spacial score (nSPS) is 18.6. The Morgan fingerprint density at radius 1 is 1.28 bits per heavy atom. The molecule has 0 spiro atoms. The van der Waals surface area contributed by atoms with Crippen LogP contribution in [0.1, 0.15) is 49.2 Å². The van der Waals surface area contributed by atoms with Gasteiger partial charge in [-0.2, -0.15) is 0 Å². The molecule has 0 aromatic carbocycles. The highest BCUT2D eigenvalue weighted by Crippen LogP contribution is 2.21. The fourth-order valence-corrected chi connectivity index (χ4v) is 4.22. The van der Waals surface area contributed by atoms with E-state index < -0.39 is 0 Å². The molecule has 0 radical (unpaired) electrons. The lowest BCUT2D eigenvalue weighted by Gasteiger charge is -2.39. The summed E-state index contributed by atoms with van der Waals surface area (Å²) in [5, 5.41) is 8.04. The van der Waals surface area contributed by atoms with Gasteiger partial charge < -0.3 is 10.6 Å². The summed E-state index contributed by atoms with van der Waals surface area (Å²) in [4.78, 5) is 12.9. The van der Waals surface area contributed by atoms with Gasteiger partial charge in [0.05, 0.1) is 12.2 Å². The number of thiazole rings is 1. The number of nitrogens with zero attached hydrogens (tertiary/aromatic N) is 3. The number of likely N-dealkylation sites (tertiary alicyclic amines) is 1. The van der Waals surface area contributed by atoms with E-state index in [9.17, 15) is 0 Å². The highest BCUT2D eigenvalue weighted by atomic mass is 32.1. The van der Waals surface area contributed by atoms with Crippen LogP contribution in [0.15, 0.2) is 4.99 Å². The number of nitrogens with one attached hydrogen (secondary N) is 2. The van der Waals surface area contributed by atoms with Gasteiger partial charge in [0.25, 0.3) is 0 Å². The summed E-state index contributed by atoms with van der Waals surface area (Å²) in [6.45, 7) is 15.3. The molecular formula is C19H35N5S. The average Bonchev–Trinajstić information content (AvgIpc) is 2.90. The number of hydrogen-bond donors (Lipinski definition) is 2. The summed E-state index contributed by atoms with van der Waals surface area (Å²) in [5.41, 5.74) is 1.13. The minimum atomic E-state index is 0.551. The van der Waals surface area contributed by atoms with Crippen LogP contribution in [0.5, 0.6) is 0 Å². The largest absolute Gasteiger partial charge is 0.355 e. The Balaban J connectivity index is 1.84. The van der Waals surface area contributed by atoms with Crippen molar-refractivity contribution in [2.45, 2.75) is 60.0 Å². The highest BCUT2D eigenvalue weighted by molar-refractivity contribution is 7.11.